The highest BCUT2D eigenvalue weighted by Crippen LogP contribution is 2.30. The van der Waals surface area contributed by atoms with Gasteiger partial charge in [-0.15, -0.1) is 0 Å². The number of hydrogen-bond donors (Lipinski definition) is 1. The Labute approximate surface area is 99.3 Å². The molecule has 1 heterocycles. The lowest BCUT2D eigenvalue weighted by Crippen LogP contribution is -2.15. The van der Waals surface area contributed by atoms with E-state index in [0.29, 0.717) is 24.3 Å². The largest absolute Gasteiger partial charge is 0.330 e. The molecular weight excluding hydrogens is 196 g/mol. The average Bonchev–Trinajstić information content (AvgIpc) is 2.17. The Morgan fingerprint density at radius 1 is 1.19 bits per heavy atom. The molecule has 0 spiro atoms. The van der Waals surface area contributed by atoms with Crippen LogP contribution in [-0.4, -0.2) is 11.5 Å². The quantitative estimate of drug-likeness (QED) is 0.828. The summed E-state index contributed by atoms with van der Waals surface area (Å²) in [6.07, 6.45) is 2.86. The van der Waals surface area contributed by atoms with Crippen LogP contribution in [0.25, 0.3) is 0 Å². The summed E-state index contributed by atoms with van der Waals surface area (Å²) in [5.74, 6) is 1.79. The van der Waals surface area contributed by atoms with E-state index in [1.807, 2.05) is 6.20 Å². The van der Waals surface area contributed by atoms with Crippen LogP contribution in [-0.2, 0) is 6.42 Å². The zero-order valence-electron chi connectivity index (χ0n) is 10.9. The molecule has 0 atom stereocenters. The van der Waals surface area contributed by atoms with Crippen LogP contribution in [0, 0.1) is 11.8 Å². The standard InChI is InChI=1S/C14H24N2/c1-10(2)14(11(3)4)13-9-12(5-7-15)6-8-16-13/h6,8-11,14H,5,7,15H2,1-4H3. The van der Waals surface area contributed by atoms with Gasteiger partial charge >= 0.3 is 0 Å². The molecule has 0 aliphatic rings. The normalized spacial score (nSPS) is 11.8. The first-order valence-electron chi connectivity index (χ1n) is 6.21. The highest BCUT2D eigenvalue weighted by atomic mass is 14.7. The number of rotatable bonds is 5. The number of nitrogens with zero attached hydrogens (tertiary/aromatic N) is 1. The smallest absolute Gasteiger partial charge is 0.0442 e. The second-order valence-corrected chi connectivity index (χ2v) is 5.14. The van der Waals surface area contributed by atoms with E-state index in [4.69, 9.17) is 5.73 Å². The zero-order valence-corrected chi connectivity index (χ0v) is 10.9. The molecule has 2 nitrogen and oxygen atoms in total. The molecule has 16 heavy (non-hydrogen) atoms. The summed E-state index contributed by atoms with van der Waals surface area (Å²) in [5.41, 5.74) is 8.11. The third kappa shape index (κ3) is 3.31. The molecule has 0 saturated heterocycles. The van der Waals surface area contributed by atoms with E-state index in [2.05, 4.69) is 44.8 Å². The summed E-state index contributed by atoms with van der Waals surface area (Å²) < 4.78 is 0. The molecule has 0 bridgehead atoms. The van der Waals surface area contributed by atoms with Gasteiger partial charge in [-0.25, -0.2) is 0 Å². The molecule has 1 rings (SSSR count). The molecule has 1 aromatic rings. The van der Waals surface area contributed by atoms with E-state index in [0.717, 1.165) is 6.42 Å². The molecular formula is C14H24N2. The van der Waals surface area contributed by atoms with Crippen LogP contribution in [0.2, 0.25) is 0 Å². The molecule has 0 unspecified atom stereocenters. The number of aromatic nitrogens is 1. The van der Waals surface area contributed by atoms with Crippen molar-refractivity contribution in [1.29, 1.82) is 0 Å². The van der Waals surface area contributed by atoms with Crippen molar-refractivity contribution in [1.82, 2.24) is 4.98 Å². The molecule has 1 aromatic heterocycles. The van der Waals surface area contributed by atoms with Gasteiger partial charge < -0.3 is 5.73 Å². The fourth-order valence-corrected chi connectivity index (χ4v) is 2.45. The van der Waals surface area contributed by atoms with Gasteiger partial charge in [0.1, 0.15) is 0 Å². The molecule has 2 heteroatoms. The van der Waals surface area contributed by atoms with E-state index >= 15 is 0 Å². The van der Waals surface area contributed by atoms with Crippen LogP contribution >= 0.6 is 0 Å². The minimum absolute atomic E-state index is 0.540. The van der Waals surface area contributed by atoms with Gasteiger partial charge in [-0.3, -0.25) is 4.98 Å². The average molecular weight is 220 g/mol. The number of pyridine rings is 1. The fraction of sp³-hybridized carbons (Fsp3) is 0.643. The maximum absolute atomic E-state index is 5.59. The summed E-state index contributed by atoms with van der Waals surface area (Å²) >= 11 is 0. The Balaban J connectivity index is 2.95. The van der Waals surface area contributed by atoms with Crippen molar-refractivity contribution in [3.8, 4) is 0 Å². The van der Waals surface area contributed by atoms with E-state index in [-0.39, 0.29) is 0 Å². The molecule has 0 aromatic carbocycles. The Morgan fingerprint density at radius 2 is 1.81 bits per heavy atom. The maximum Gasteiger partial charge on any atom is 0.0442 e. The lowest BCUT2D eigenvalue weighted by molar-refractivity contribution is 0.380. The second-order valence-electron chi connectivity index (χ2n) is 5.14. The molecule has 0 fully saturated rings. The Kier molecular flexibility index (Phi) is 4.94. The molecule has 0 amide bonds. The van der Waals surface area contributed by atoms with Gasteiger partial charge in [0.05, 0.1) is 0 Å². The fourth-order valence-electron chi connectivity index (χ4n) is 2.45. The van der Waals surface area contributed by atoms with E-state index in [9.17, 15) is 0 Å². The third-order valence-electron chi connectivity index (χ3n) is 3.06. The van der Waals surface area contributed by atoms with Crippen molar-refractivity contribution in [2.24, 2.45) is 17.6 Å². The van der Waals surface area contributed by atoms with E-state index in [1.165, 1.54) is 11.3 Å². The van der Waals surface area contributed by atoms with Crippen LogP contribution in [0.15, 0.2) is 18.3 Å². The molecule has 0 aliphatic carbocycles. The Bertz CT molecular complexity index is 310. The zero-order chi connectivity index (χ0) is 12.1. The summed E-state index contributed by atoms with van der Waals surface area (Å²) in [6, 6.07) is 4.28. The predicted molar refractivity (Wildman–Crippen MR) is 69.4 cm³/mol. The van der Waals surface area contributed by atoms with Gasteiger partial charge in [-0.2, -0.15) is 0 Å². The minimum atomic E-state index is 0.540. The Morgan fingerprint density at radius 3 is 2.31 bits per heavy atom. The SMILES string of the molecule is CC(C)C(c1cc(CCN)ccn1)C(C)C. The lowest BCUT2D eigenvalue weighted by Gasteiger charge is -2.24. The van der Waals surface area contributed by atoms with E-state index in [1.54, 1.807) is 0 Å². The van der Waals surface area contributed by atoms with Gasteiger partial charge in [0.25, 0.3) is 0 Å². The van der Waals surface area contributed by atoms with Gasteiger partial charge in [0.2, 0.25) is 0 Å². The van der Waals surface area contributed by atoms with Crippen molar-refractivity contribution in [2.75, 3.05) is 6.54 Å². The topological polar surface area (TPSA) is 38.9 Å². The highest BCUT2D eigenvalue weighted by Gasteiger charge is 2.20. The summed E-state index contributed by atoms with van der Waals surface area (Å²) in [5, 5.41) is 0. The summed E-state index contributed by atoms with van der Waals surface area (Å²) in [7, 11) is 0. The van der Waals surface area contributed by atoms with Crippen LogP contribution < -0.4 is 5.73 Å². The Hall–Kier alpha value is -0.890. The third-order valence-corrected chi connectivity index (χ3v) is 3.06. The molecule has 0 radical (unpaired) electrons. The second kappa shape index (κ2) is 6.00. The monoisotopic (exact) mass is 220 g/mol. The van der Waals surface area contributed by atoms with Gasteiger partial charge in [0, 0.05) is 17.8 Å². The first kappa shape index (κ1) is 13.2. The molecule has 2 N–H and O–H groups in total. The minimum Gasteiger partial charge on any atom is -0.330 e. The number of nitrogens with two attached hydrogens (primary N) is 1. The molecule has 0 saturated carbocycles. The maximum atomic E-state index is 5.59. The van der Waals surface area contributed by atoms with Gasteiger partial charge in [0.15, 0.2) is 0 Å². The molecule has 0 aliphatic heterocycles. The summed E-state index contributed by atoms with van der Waals surface area (Å²) in [6.45, 7) is 9.77. The number of hydrogen-bond acceptors (Lipinski definition) is 2. The van der Waals surface area contributed by atoms with Crippen LogP contribution in [0.4, 0.5) is 0 Å². The van der Waals surface area contributed by atoms with Gasteiger partial charge in [-0.05, 0) is 42.5 Å². The lowest BCUT2D eigenvalue weighted by atomic mass is 9.82. The highest BCUT2D eigenvalue weighted by molar-refractivity contribution is 5.20. The van der Waals surface area contributed by atoms with Crippen molar-refractivity contribution in [2.45, 2.75) is 40.0 Å². The van der Waals surface area contributed by atoms with E-state index < -0.39 is 0 Å². The van der Waals surface area contributed by atoms with Crippen LogP contribution in [0.1, 0.15) is 44.9 Å². The predicted octanol–water partition coefficient (Wildman–Crippen LogP) is 2.98. The van der Waals surface area contributed by atoms with Crippen molar-refractivity contribution in [3.05, 3.63) is 29.6 Å². The molecule has 90 valence electrons. The summed E-state index contributed by atoms with van der Waals surface area (Å²) in [4.78, 5) is 4.52. The van der Waals surface area contributed by atoms with Crippen LogP contribution in [0.5, 0.6) is 0 Å². The van der Waals surface area contributed by atoms with Crippen LogP contribution in [0.3, 0.4) is 0 Å². The first-order valence-corrected chi connectivity index (χ1v) is 6.21. The van der Waals surface area contributed by atoms with Crippen molar-refractivity contribution in [3.63, 3.8) is 0 Å². The van der Waals surface area contributed by atoms with Gasteiger partial charge in [-0.1, -0.05) is 27.7 Å². The van der Waals surface area contributed by atoms with Crippen molar-refractivity contribution >= 4 is 0 Å². The van der Waals surface area contributed by atoms with Crippen molar-refractivity contribution < 1.29 is 0 Å². The first-order chi connectivity index (χ1) is 7.56.